The third-order valence-corrected chi connectivity index (χ3v) is 6.86. The minimum Gasteiger partial charge on any atom is -0.503 e. The van der Waals surface area contributed by atoms with E-state index >= 15 is 0 Å². The molecule has 3 aromatic rings. The summed E-state index contributed by atoms with van der Waals surface area (Å²) in [5.41, 5.74) is 0.922. The molecule has 0 radical (unpaired) electrons. The standard InChI is InChI=1S/C28H30ClF3N4O3/c1-2-39-25-14-20(13-24(29)26(25)37)18-36(27(38)34-22-7-3-6-21(15-22)28(30,31)32)23-8-11-35(12-9-23)17-19-5-4-10-33-16-19/h3-7,10,13-16,23,37H,2,8-9,11-12,17-18H2,1H3,(H,34,38). The van der Waals surface area contributed by atoms with Gasteiger partial charge in [0.25, 0.3) is 0 Å². The van der Waals surface area contributed by atoms with Gasteiger partial charge >= 0.3 is 12.2 Å². The summed E-state index contributed by atoms with van der Waals surface area (Å²) < 4.78 is 45.2. The molecule has 2 aromatic carbocycles. The van der Waals surface area contributed by atoms with Crippen molar-refractivity contribution in [3.8, 4) is 11.5 Å². The van der Waals surface area contributed by atoms with Crippen molar-refractivity contribution >= 4 is 23.3 Å². The zero-order valence-electron chi connectivity index (χ0n) is 21.4. The van der Waals surface area contributed by atoms with Gasteiger partial charge in [0, 0.05) is 50.3 Å². The lowest BCUT2D eigenvalue weighted by Gasteiger charge is -2.38. The Kier molecular flexibility index (Phi) is 9.19. The number of amides is 2. The summed E-state index contributed by atoms with van der Waals surface area (Å²) in [6.07, 6.45) is 0.357. The molecular formula is C28H30ClF3N4O3. The number of hydrogen-bond acceptors (Lipinski definition) is 5. The van der Waals surface area contributed by atoms with Gasteiger partial charge in [0.2, 0.25) is 0 Å². The molecule has 0 bridgehead atoms. The fourth-order valence-electron chi connectivity index (χ4n) is 4.66. The molecule has 1 aliphatic heterocycles. The molecule has 0 aliphatic carbocycles. The molecule has 39 heavy (non-hydrogen) atoms. The highest BCUT2D eigenvalue weighted by atomic mass is 35.5. The van der Waals surface area contributed by atoms with Gasteiger partial charge in [-0.05, 0) is 67.3 Å². The maximum atomic E-state index is 13.5. The van der Waals surface area contributed by atoms with Gasteiger partial charge in [-0.15, -0.1) is 0 Å². The second kappa shape index (κ2) is 12.6. The molecule has 1 aromatic heterocycles. The average Bonchev–Trinajstić information content (AvgIpc) is 2.91. The quantitative estimate of drug-likeness (QED) is 0.325. The van der Waals surface area contributed by atoms with Crippen LogP contribution in [0.25, 0.3) is 0 Å². The van der Waals surface area contributed by atoms with E-state index in [1.807, 2.05) is 18.3 Å². The first kappa shape index (κ1) is 28.5. The molecule has 0 unspecified atom stereocenters. The molecule has 0 spiro atoms. The van der Waals surface area contributed by atoms with E-state index in [0.717, 1.165) is 37.3 Å². The van der Waals surface area contributed by atoms with Crippen LogP contribution in [0.1, 0.15) is 36.5 Å². The summed E-state index contributed by atoms with van der Waals surface area (Å²) in [4.78, 5) is 21.6. The molecule has 2 N–H and O–H groups in total. The number of phenolic OH excluding ortho intramolecular Hbond substituents is 1. The van der Waals surface area contributed by atoms with Crippen LogP contribution in [0.5, 0.6) is 11.5 Å². The first-order valence-electron chi connectivity index (χ1n) is 12.6. The van der Waals surface area contributed by atoms with Gasteiger partial charge in [0.05, 0.1) is 17.2 Å². The summed E-state index contributed by atoms with van der Waals surface area (Å²) in [5.74, 6) is 0.00969. The number of carbonyl (C=O) groups excluding carboxylic acids is 1. The van der Waals surface area contributed by atoms with E-state index in [2.05, 4.69) is 15.2 Å². The molecule has 0 saturated carbocycles. The first-order valence-corrected chi connectivity index (χ1v) is 13.0. The molecule has 1 fully saturated rings. The Morgan fingerprint density at radius 2 is 1.95 bits per heavy atom. The number of halogens is 4. The van der Waals surface area contributed by atoms with Crippen molar-refractivity contribution in [3.63, 3.8) is 0 Å². The van der Waals surface area contributed by atoms with E-state index in [9.17, 15) is 23.1 Å². The third kappa shape index (κ3) is 7.54. The number of piperidine rings is 1. The largest absolute Gasteiger partial charge is 0.503 e. The smallest absolute Gasteiger partial charge is 0.416 e. The number of nitrogens with one attached hydrogen (secondary N) is 1. The lowest BCUT2D eigenvalue weighted by atomic mass is 10.0. The number of benzene rings is 2. The van der Waals surface area contributed by atoms with Gasteiger partial charge in [-0.2, -0.15) is 13.2 Å². The van der Waals surface area contributed by atoms with Crippen molar-refractivity contribution in [2.24, 2.45) is 0 Å². The number of likely N-dealkylation sites (tertiary alicyclic amines) is 1. The predicted octanol–water partition coefficient (Wildman–Crippen LogP) is 6.56. The Morgan fingerprint density at radius 3 is 2.62 bits per heavy atom. The van der Waals surface area contributed by atoms with Gasteiger partial charge < -0.3 is 20.1 Å². The zero-order valence-corrected chi connectivity index (χ0v) is 22.2. The maximum absolute atomic E-state index is 13.5. The lowest BCUT2D eigenvalue weighted by Crippen LogP contribution is -2.48. The molecule has 1 saturated heterocycles. The fraction of sp³-hybridized carbons (Fsp3) is 0.357. The lowest BCUT2D eigenvalue weighted by molar-refractivity contribution is -0.137. The van der Waals surface area contributed by atoms with Gasteiger partial charge in [0.15, 0.2) is 11.5 Å². The highest BCUT2D eigenvalue weighted by molar-refractivity contribution is 6.32. The number of nitrogens with zero attached hydrogens (tertiary/aromatic N) is 3. The summed E-state index contributed by atoms with van der Waals surface area (Å²) in [7, 11) is 0. The average molecular weight is 563 g/mol. The van der Waals surface area contributed by atoms with Crippen LogP contribution >= 0.6 is 11.6 Å². The van der Waals surface area contributed by atoms with E-state index in [1.54, 1.807) is 30.2 Å². The van der Waals surface area contributed by atoms with Crippen LogP contribution in [0, 0.1) is 0 Å². The number of ether oxygens (including phenoxy) is 1. The van der Waals surface area contributed by atoms with E-state index in [1.165, 1.54) is 12.1 Å². The summed E-state index contributed by atoms with van der Waals surface area (Å²) in [6, 6.07) is 10.9. The summed E-state index contributed by atoms with van der Waals surface area (Å²) >= 11 is 6.22. The second-order valence-corrected chi connectivity index (χ2v) is 9.77. The number of hydrogen-bond donors (Lipinski definition) is 2. The predicted molar refractivity (Wildman–Crippen MR) is 143 cm³/mol. The number of carbonyl (C=O) groups is 1. The van der Waals surface area contributed by atoms with Crippen LogP contribution in [0.2, 0.25) is 5.02 Å². The topological polar surface area (TPSA) is 77.9 Å². The van der Waals surface area contributed by atoms with Crippen molar-refractivity contribution in [2.45, 2.75) is 45.1 Å². The number of anilines is 1. The third-order valence-electron chi connectivity index (χ3n) is 6.57. The minimum atomic E-state index is -4.53. The van der Waals surface area contributed by atoms with Crippen molar-refractivity contribution in [1.82, 2.24) is 14.8 Å². The number of urea groups is 1. The van der Waals surface area contributed by atoms with E-state index < -0.39 is 17.8 Å². The van der Waals surface area contributed by atoms with Crippen LogP contribution in [-0.2, 0) is 19.3 Å². The minimum absolute atomic E-state index is 0.0487. The van der Waals surface area contributed by atoms with Crippen molar-refractivity contribution in [2.75, 3.05) is 25.0 Å². The summed E-state index contributed by atoms with van der Waals surface area (Å²) in [5, 5.41) is 13.0. The van der Waals surface area contributed by atoms with Crippen LogP contribution < -0.4 is 10.1 Å². The molecule has 11 heteroatoms. The number of phenols is 1. The van der Waals surface area contributed by atoms with Crippen LogP contribution in [0.3, 0.4) is 0 Å². The van der Waals surface area contributed by atoms with E-state index in [4.69, 9.17) is 16.3 Å². The number of pyridine rings is 1. The highest BCUT2D eigenvalue weighted by Crippen LogP contribution is 2.36. The van der Waals surface area contributed by atoms with Gasteiger partial charge in [-0.3, -0.25) is 9.88 Å². The van der Waals surface area contributed by atoms with Crippen LogP contribution in [0.15, 0.2) is 60.9 Å². The molecule has 208 valence electrons. The number of alkyl halides is 3. The Balaban J connectivity index is 1.54. The zero-order chi connectivity index (χ0) is 28.0. The normalized spacial score (nSPS) is 14.7. The van der Waals surface area contributed by atoms with E-state index in [-0.39, 0.29) is 34.8 Å². The van der Waals surface area contributed by atoms with Crippen LogP contribution in [0.4, 0.5) is 23.7 Å². The van der Waals surface area contributed by atoms with Gasteiger partial charge in [-0.25, -0.2) is 4.79 Å². The molecule has 7 nitrogen and oxygen atoms in total. The highest BCUT2D eigenvalue weighted by Gasteiger charge is 2.32. The number of rotatable bonds is 8. The fourth-order valence-corrected chi connectivity index (χ4v) is 4.89. The van der Waals surface area contributed by atoms with E-state index in [0.29, 0.717) is 25.0 Å². The first-order chi connectivity index (χ1) is 18.6. The van der Waals surface area contributed by atoms with Gasteiger partial charge in [-0.1, -0.05) is 23.7 Å². The van der Waals surface area contributed by atoms with Crippen molar-refractivity contribution < 1.29 is 27.8 Å². The maximum Gasteiger partial charge on any atom is 0.416 e. The van der Waals surface area contributed by atoms with Crippen molar-refractivity contribution in [1.29, 1.82) is 0 Å². The molecule has 2 heterocycles. The Bertz CT molecular complexity index is 1270. The Hall–Kier alpha value is -3.50. The number of aromatic hydroxyl groups is 1. The molecule has 1 aliphatic rings. The Morgan fingerprint density at radius 1 is 1.18 bits per heavy atom. The Labute approximate surface area is 230 Å². The molecule has 2 amide bonds. The molecule has 4 rings (SSSR count). The van der Waals surface area contributed by atoms with Crippen molar-refractivity contribution in [3.05, 3.63) is 82.6 Å². The second-order valence-electron chi connectivity index (χ2n) is 9.36. The monoisotopic (exact) mass is 562 g/mol. The SMILES string of the molecule is CCOc1cc(CN(C(=O)Nc2cccc(C(F)(F)F)c2)C2CCN(Cc3cccnc3)CC2)cc(Cl)c1O. The van der Waals surface area contributed by atoms with Gasteiger partial charge in [0.1, 0.15) is 0 Å². The molecule has 0 atom stereocenters. The summed E-state index contributed by atoms with van der Waals surface area (Å²) in [6.45, 7) is 4.40. The molecular weight excluding hydrogens is 533 g/mol. The number of aromatic nitrogens is 1. The van der Waals surface area contributed by atoms with Crippen LogP contribution in [-0.4, -0.2) is 51.7 Å².